The first-order valence-electron chi connectivity index (χ1n) is 13.4. The Morgan fingerprint density at radius 3 is 2.42 bits per heavy atom. The minimum atomic E-state index is -0.349. The molecule has 2 saturated carbocycles. The number of hydrogen-bond donors (Lipinski definition) is 2. The van der Waals surface area contributed by atoms with Crippen LogP contribution in [0.3, 0.4) is 0 Å². The van der Waals surface area contributed by atoms with Crippen molar-refractivity contribution >= 4 is 23.5 Å². The lowest BCUT2D eigenvalue weighted by molar-refractivity contribution is -0.164. The highest BCUT2D eigenvalue weighted by atomic mass is 35.5. The van der Waals surface area contributed by atoms with Gasteiger partial charge in [-0.2, -0.15) is 5.26 Å². The number of amides is 1. The number of nitriles is 1. The predicted molar refractivity (Wildman–Crippen MR) is 145 cm³/mol. The van der Waals surface area contributed by atoms with Crippen LogP contribution in [-0.4, -0.2) is 52.3 Å². The number of benzene rings is 1. The number of nitrogens with zero attached hydrogens (tertiary/aromatic N) is 4. The molecule has 2 aliphatic carbocycles. The predicted octanol–water partition coefficient (Wildman–Crippen LogP) is 4.75. The molecular weight excluding hydrogens is 502 g/mol. The van der Waals surface area contributed by atoms with Crippen LogP contribution in [0.2, 0.25) is 5.02 Å². The molecular formula is C29H36ClN5O3. The van der Waals surface area contributed by atoms with Gasteiger partial charge in [-0.15, -0.1) is 0 Å². The molecule has 1 aromatic heterocycles. The van der Waals surface area contributed by atoms with Gasteiger partial charge in [0.25, 0.3) is 5.91 Å². The standard InChI is InChI=1S/C29H36ClN5O3/c1-27(2)24(28(3,4)25(27)38-21-6-5-18(14-31)22(30)13-21)34-23(37)19-15-32-26(33-16-19)35-12-11-29(17-35)9-7-20(36)8-10-29/h5-6,13,15-16,20,24-25,36H,7-12,17H2,1-4H3,(H,34,37). The van der Waals surface area contributed by atoms with E-state index in [1.54, 1.807) is 30.6 Å². The molecule has 3 aliphatic rings. The third-order valence-corrected chi connectivity index (χ3v) is 9.38. The molecule has 1 amide bonds. The quantitative estimate of drug-likeness (QED) is 0.566. The van der Waals surface area contributed by atoms with E-state index >= 15 is 0 Å². The van der Waals surface area contributed by atoms with E-state index in [0.717, 1.165) is 45.2 Å². The summed E-state index contributed by atoms with van der Waals surface area (Å²) in [6.45, 7) is 10.1. The summed E-state index contributed by atoms with van der Waals surface area (Å²) in [7, 11) is 0. The summed E-state index contributed by atoms with van der Waals surface area (Å²) >= 11 is 6.19. The Labute approximate surface area is 229 Å². The van der Waals surface area contributed by atoms with Gasteiger partial charge in [0, 0.05) is 48.4 Å². The number of aromatic nitrogens is 2. The van der Waals surface area contributed by atoms with E-state index in [1.165, 1.54) is 0 Å². The maximum absolute atomic E-state index is 13.2. The number of hydrogen-bond acceptors (Lipinski definition) is 7. The van der Waals surface area contributed by atoms with E-state index in [-0.39, 0.29) is 40.4 Å². The van der Waals surface area contributed by atoms with Gasteiger partial charge in [-0.05, 0) is 49.7 Å². The molecule has 202 valence electrons. The molecule has 38 heavy (non-hydrogen) atoms. The third-order valence-electron chi connectivity index (χ3n) is 9.07. The summed E-state index contributed by atoms with van der Waals surface area (Å²) < 4.78 is 6.32. The molecule has 0 atom stereocenters. The minimum Gasteiger partial charge on any atom is -0.489 e. The van der Waals surface area contributed by atoms with Crippen LogP contribution in [0.25, 0.3) is 0 Å². The van der Waals surface area contributed by atoms with Gasteiger partial charge in [0.05, 0.1) is 22.3 Å². The normalized spacial score (nSPS) is 25.4. The monoisotopic (exact) mass is 537 g/mol. The minimum absolute atomic E-state index is 0.138. The molecule has 3 fully saturated rings. The number of aliphatic hydroxyl groups is 1. The number of carbonyl (C=O) groups is 1. The highest BCUT2D eigenvalue weighted by Gasteiger charge is 2.64. The maximum Gasteiger partial charge on any atom is 0.254 e. The molecule has 2 heterocycles. The summed E-state index contributed by atoms with van der Waals surface area (Å²) in [5, 5.41) is 22.6. The van der Waals surface area contributed by atoms with E-state index in [4.69, 9.17) is 21.6 Å². The Hall–Kier alpha value is -2.89. The number of nitrogens with one attached hydrogen (secondary N) is 1. The fourth-order valence-electron chi connectivity index (χ4n) is 7.14. The van der Waals surface area contributed by atoms with Crippen molar-refractivity contribution in [1.82, 2.24) is 15.3 Å². The second-order valence-corrected chi connectivity index (χ2v) is 12.9. The van der Waals surface area contributed by atoms with Gasteiger partial charge in [0.2, 0.25) is 5.95 Å². The van der Waals surface area contributed by atoms with E-state index in [0.29, 0.717) is 27.8 Å². The van der Waals surface area contributed by atoms with Crippen molar-refractivity contribution in [2.24, 2.45) is 16.2 Å². The number of anilines is 1. The zero-order chi connectivity index (χ0) is 27.3. The highest BCUT2D eigenvalue weighted by Crippen LogP contribution is 2.55. The Morgan fingerprint density at radius 1 is 1.16 bits per heavy atom. The van der Waals surface area contributed by atoms with Crippen molar-refractivity contribution in [3.05, 3.63) is 46.7 Å². The van der Waals surface area contributed by atoms with Gasteiger partial charge >= 0.3 is 0 Å². The largest absolute Gasteiger partial charge is 0.489 e. The first kappa shape index (κ1) is 26.7. The van der Waals surface area contributed by atoms with Gasteiger partial charge in [0.1, 0.15) is 17.9 Å². The lowest BCUT2D eigenvalue weighted by atomic mass is 9.49. The van der Waals surface area contributed by atoms with Gasteiger partial charge in [-0.25, -0.2) is 9.97 Å². The van der Waals surface area contributed by atoms with Crippen molar-refractivity contribution in [2.45, 2.75) is 78.0 Å². The Balaban J connectivity index is 1.22. The molecule has 1 saturated heterocycles. The average molecular weight is 538 g/mol. The number of carbonyl (C=O) groups excluding carboxylic acids is 1. The summed E-state index contributed by atoms with van der Waals surface area (Å²) in [6.07, 6.45) is 7.80. The van der Waals surface area contributed by atoms with Crippen LogP contribution in [0.5, 0.6) is 5.75 Å². The first-order chi connectivity index (χ1) is 17.9. The van der Waals surface area contributed by atoms with Gasteiger partial charge < -0.3 is 20.1 Å². The lowest BCUT2D eigenvalue weighted by Crippen LogP contribution is -2.74. The van der Waals surface area contributed by atoms with E-state index < -0.39 is 0 Å². The van der Waals surface area contributed by atoms with Crippen LogP contribution >= 0.6 is 11.6 Å². The summed E-state index contributed by atoms with van der Waals surface area (Å²) in [6, 6.07) is 6.99. The third kappa shape index (κ3) is 4.71. The molecule has 1 spiro atoms. The zero-order valence-electron chi connectivity index (χ0n) is 22.5. The van der Waals surface area contributed by atoms with E-state index in [2.05, 4.69) is 53.9 Å². The van der Waals surface area contributed by atoms with Crippen molar-refractivity contribution in [2.75, 3.05) is 18.0 Å². The number of ether oxygens (including phenoxy) is 1. The zero-order valence-corrected chi connectivity index (χ0v) is 23.3. The molecule has 5 rings (SSSR count). The van der Waals surface area contributed by atoms with Crippen molar-refractivity contribution < 1.29 is 14.6 Å². The van der Waals surface area contributed by atoms with Gasteiger partial charge in [0.15, 0.2) is 0 Å². The smallest absolute Gasteiger partial charge is 0.254 e. The molecule has 0 radical (unpaired) electrons. The van der Waals surface area contributed by atoms with Gasteiger partial charge in [-0.3, -0.25) is 4.79 Å². The molecule has 1 aliphatic heterocycles. The fraction of sp³-hybridized carbons (Fsp3) is 0.586. The average Bonchev–Trinajstić information content (AvgIpc) is 3.31. The van der Waals surface area contributed by atoms with Crippen LogP contribution < -0.4 is 15.0 Å². The number of aliphatic hydroxyl groups excluding tert-OH is 1. The van der Waals surface area contributed by atoms with Crippen LogP contribution in [-0.2, 0) is 0 Å². The molecule has 1 aromatic carbocycles. The van der Waals surface area contributed by atoms with Crippen LogP contribution in [0, 0.1) is 27.6 Å². The highest BCUT2D eigenvalue weighted by molar-refractivity contribution is 6.31. The molecule has 8 nitrogen and oxygen atoms in total. The molecule has 0 bridgehead atoms. The Kier molecular flexibility index (Phi) is 6.81. The Bertz CT molecular complexity index is 1230. The summed E-state index contributed by atoms with van der Waals surface area (Å²) in [5.74, 6) is 1.05. The summed E-state index contributed by atoms with van der Waals surface area (Å²) in [4.78, 5) is 24.5. The topological polar surface area (TPSA) is 111 Å². The van der Waals surface area contributed by atoms with E-state index in [1.807, 2.05) is 0 Å². The van der Waals surface area contributed by atoms with Crippen molar-refractivity contribution in [1.29, 1.82) is 5.26 Å². The first-order valence-corrected chi connectivity index (χ1v) is 13.8. The van der Waals surface area contributed by atoms with Crippen LogP contribution in [0.1, 0.15) is 75.7 Å². The SMILES string of the molecule is CC1(C)C(NC(=O)c2cnc(N3CCC4(CCC(O)CC4)C3)nc2)C(C)(C)C1Oc1ccc(C#N)c(Cl)c1. The Morgan fingerprint density at radius 2 is 1.82 bits per heavy atom. The molecule has 2 N–H and O–H groups in total. The lowest BCUT2D eigenvalue weighted by Gasteiger charge is -2.63. The van der Waals surface area contributed by atoms with Crippen LogP contribution in [0.4, 0.5) is 5.95 Å². The second kappa shape index (κ2) is 9.69. The van der Waals surface area contributed by atoms with Crippen molar-refractivity contribution in [3.8, 4) is 11.8 Å². The maximum atomic E-state index is 13.2. The molecule has 2 aromatic rings. The van der Waals surface area contributed by atoms with Crippen LogP contribution in [0.15, 0.2) is 30.6 Å². The number of halogens is 1. The second-order valence-electron chi connectivity index (χ2n) is 12.5. The van der Waals surface area contributed by atoms with Crippen molar-refractivity contribution in [3.63, 3.8) is 0 Å². The molecule has 9 heteroatoms. The van der Waals surface area contributed by atoms with E-state index in [9.17, 15) is 9.90 Å². The molecule has 0 unspecified atom stereocenters. The number of rotatable bonds is 5. The summed E-state index contributed by atoms with van der Waals surface area (Å²) in [5.41, 5.74) is 0.387. The fourth-order valence-corrected chi connectivity index (χ4v) is 7.35. The van der Waals surface area contributed by atoms with Gasteiger partial charge in [-0.1, -0.05) is 39.3 Å².